The van der Waals surface area contributed by atoms with Gasteiger partial charge in [-0.05, 0) is 12.1 Å². The van der Waals surface area contributed by atoms with Crippen LogP contribution in [-0.2, 0) is 17.7 Å². The van der Waals surface area contributed by atoms with Gasteiger partial charge in [0.25, 0.3) is 6.43 Å². The molecule has 1 aromatic heterocycles. The molecule has 0 amide bonds. The Morgan fingerprint density at radius 1 is 1.15 bits per heavy atom. The van der Waals surface area contributed by atoms with Crippen molar-refractivity contribution in [2.45, 2.75) is 19.4 Å². The average molecular weight is 282 g/mol. The van der Waals surface area contributed by atoms with Crippen LogP contribution in [0.5, 0.6) is 0 Å². The summed E-state index contributed by atoms with van der Waals surface area (Å²) in [5.74, 6) is 1.27. The predicted molar refractivity (Wildman–Crippen MR) is 69.8 cm³/mol. The number of nitrogens with zero attached hydrogens (tertiary/aromatic N) is 3. The lowest BCUT2D eigenvalue weighted by Gasteiger charge is -2.09. The van der Waals surface area contributed by atoms with E-state index in [0.29, 0.717) is 18.1 Å². The second kappa shape index (κ2) is 7.06. The molecular formula is C13H16F2N4O. The van der Waals surface area contributed by atoms with Crippen LogP contribution in [-0.4, -0.2) is 34.4 Å². The summed E-state index contributed by atoms with van der Waals surface area (Å²) in [6.45, 7) is -0.150. The lowest BCUT2D eigenvalue weighted by Crippen LogP contribution is -2.12. The van der Waals surface area contributed by atoms with Crippen LogP contribution in [0.25, 0.3) is 5.69 Å². The number of alkyl halides is 2. The molecule has 5 nitrogen and oxygen atoms in total. The Balaban J connectivity index is 2.12. The number of halogens is 2. The lowest BCUT2D eigenvalue weighted by atomic mass is 10.3. The number of ether oxygens (including phenoxy) is 1. The Kier molecular flexibility index (Phi) is 5.14. The van der Waals surface area contributed by atoms with Crippen LogP contribution in [0.15, 0.2) is 30.3 Å². The Bertz CT molecular complexity index is 530. The summed E-state index contributed by atoms with van der Waals surface area (Å²) in [6, 6.07) is 9.51. The number of nitrogens with two attached hydrogens (primary N) is 1. The second-order valence-electron chi connectivity index (χ2n) is 4.12. The van der Waals surface area contributed by atoms with Crippen LogP contribution >= 0.6 is 0 Å². The van der Waals surface area contributed by atoms with Gasteiger partial charge in [-0.1, -0.05) is 18.2 Å². The standard InChI is InChI=1S/C13H16F2N4O/c14-11(15)9-20-7-6-12-17-18-13(8-16)19(12)10-4-2-1-3-5-10/h1-5,11H,6-9,16H2. The van der Waals surface area contributed by atoms with Crippen molar-refractivity contribution >= 4 is 0 Å². The molecule has 0 radical (unpaired) electrons. The van der Waals surface area contributed by atoms with Crippen LogP contribution in [0.1, 0.15) is 11.6 Å². The first-order valence-electron chi connectivity index (χ1n) is 6.27. The third kappa shape index (κ3) is 3.58. The molecule has 0 spiro atoms. The van der Waals surface area contributed by atoms with Crippen molar-refractivity contribution in [2.75, 3.05) is 13.2 Å². The average Bonchev–Trinajstić information content (AvgIpc) is 2.87. The fourth-order valence-corrected chi connectivity index (χ4v) is 1.86. The molecule has 0 saturated heterocycles. The minimum Gasteiger partial charge on any atom is -0.375 e. The first kappa shape index (κ1) is 14.5. The Morgan fingerprint density at radius 2 is 1.85 bits per heavy atom. The summed E-state index contributed by atoms with van der Waals surface area (Å²) in [7, 11) is 0. The zero-order valence-corrected chi connectivity index (χ0v) is 10.9. The fraction of sp³-hybridized carbons (Fsp3) is 0.385. The third-order valence-corrected chi connectivity index (χ3v) is 2.71. The maximum Gasteiger partial charge on any atom is 0.261 e. The quantitative estimate of drug-likeness (QED) is 0.782. The summed E-state index contributed by atoms with van der Waals surface area (Å²) >= 11 is 0. The molecule has 0 saturated carbocycles. The molecule has 108 valence electrons. The predicted octanol–water partition coefficient (Wildman–Crippen LogP) is 1.55. The SMILES string of the molecule is NCc1nnc(CCOCC(F)F)n1-c1ccccc1. The molecule has 0 unspecified atom stereocenters. The normalized spacial score (nSPS) is 11.2. The first-order valence-corrected chi connectivity index (χ1v) is 6.27. The van der Waals surface area contributed by atoms with Gasteiger partial charge in [-0.25, -0.2) is 8.78 Å². The largest absolute Gasteiger partial charge is 0.375 e. The van der Waals surface area contributed by atoms with E-state index in [-0.39, 0.29) is 13.2 Å². The van der Waals surface area contributed by atoms with E-state index in [4.69, 9.17) is 10.5 Å². The minimum absolute atomic E-state index is 0.167. The molecule has 2 rings (SSSR count). The van der Waals surface area contributed by atoms with Gasteiger partial charge in [-0.2, -0.15) is 0 Å². The Hall–Kier alpha value is -1.86. The number of benzene rings is 1. The number of aromatic nitrogens is 3. The van der Waals surface area contributed by atoms with E-state index in [1.807, 2.05) is 34.9 Å². The molecule has 7 heteroatoms. The molecule has 2 N–H and O–H groups in total. The van der Waals surface area contributed by atoms with Crippen molar-refractivity contribution in [3.63, 3.8) is 0 Å². The van der Waals surface area contributed by atoms with Gasteiger partial charge < -0.3 is 10.5 Å². The highest BCUT2D eigenvalue weighted by Gasteiger charge is 2.12. The Labute approximate surface area is 115 Å². The van der Waals surface area contributed by atoms with Crippen molar-refractivity contribution in [1.29, 1.82) is 0 Å². The molecule has 1 aromatic carbocycles. The summed E-state index contributed by atoms with van der Waals surface area (Å²) < 4.78 is 30.7. The van der Waals surface area contributed by atoms with E-state index in [2.05, 4.69) is 10.2 Å². The van der Waals surface area contributed by atoms with Crippen molar-refractivity contribution in [3.05, 3.63) is 42.0 Å². The first-order chi connectivity index (χ1) is 9.72. The van der Waals surface area contributed by atoms with Gasteiger partial charge in [0.1, 0.15) is 12.4 Å². The zero-order valence-electron chi connectivity index (χ0n) is 10.9. The topological polar surface area (TPSA) is 66.0 Å². The van der Waals surface area contributed by atoms with Gasteiger partial charge in [-0.15, -0.1) is 10.2 Å². The molecule has 0 atom stereocenters. The summed E-state index contributed by atoms with van der Waals surface area (Å²) in [5.41, 5.74) is 6.53. The van der Waals surface area contributed by atoms with E-state index in [1.54, 1.807) is 0 Å². The second-order valence-corrected chi connectivity index (χ2v) is 4.12. The van der Waals surface area contributed by atoms with Gasteiger partial charge in [0, 0.05) is 12.1 Å². The third-order valence-electron chi connectivity index (χ3n) is 2.71. The van der Waals surface area contributed by atoms with Crippen molar-refractivity contribution in [2.24, 2.45) is 5.73 Å². The zero-order chi connectivity index (χ0) is 14.4. The maximum atomic E-state index is 12.0. The van der Waals surface area contributed by atoms with Gasteiger partial charge in [0.15, 0.2) is 5.82 Å². The van der Waals surface area contributed by atoms with Crippen LogP contribution < -0.4 is 5.73 Å². The smallest absolute Gasteiger partial charge is 0.261 e. The number of hydrogen-bond donors (Lipinski definition) is 1. The van der Waals surface area contributed by atoms with Crippen molar-refractivity contribution < 1.29 is 13.5 Å². The molecule has 0 bridgehead atoms. The lowest BCUT2D eigenvalue weighted by molar-refractivity contribution is 0.0182. The molecule has 0 aliphatic heterocycles. The number of para-hydroxylation sites is 1. The fourth-order valence-electron chi connectivity index (χ4n) is 1.86. The van der Waals surface area contributed by atoms with Gasteiger partial charge in [0.05, 0.1) is 13.2 Å². The van der Waals surface area contributed by atoms with E-state index in [1.165, 1.54) is 0 Å². The summed E-state index contributed by atoms with van der Waals surface area (Å²) in [5, 5.41) is 8.05. The Morgan fingerprint density at radius 3 is 2.50 bits per heavy atom. The van der Waals surface area contributed by atoms with Crippen LogP contribution in [0.3, 0.4) is 0 Å². The van der Waals surface area contributed by atoms with Crippen LogP contribution in [0, 0.1) is 0 Å². The van der Waals surface area contributed by atoms with Gasteiger partial charge in [0.2, 0.25) is 0 Å². The van der Waals surface area contributed by atoms with E-state index < -0.39 is 13.0 Å². The monoisotopic (exact) mass is 282 g/mol. The van der Waals surface area contributed by atoms with Crippen molar-refractivity contribution in [3.8, 4) is 5.69 Å². The van der Waals surface area contributed by atoms with Crippen LogP contribution in [0.4, 0.5) is 8.78 Å². The minimum atomic E-state index is -2.46. The van der Waals surface area contributed by atoms with Crippen LogP contribution in [0.2, 0.25) is 0 Å². The molecule has 20 heavy (non-hydrogen) atoms. The van der Waals surface area contributed by atoms with Gasteiger partial charge >= 0.3 is 0 Å². The van der Waals surface area contributed by atoms with Crippen molar-refractivity contribution in [1.82, 2.24) is 14.8 Å². The maximum absolute atomic E-state index is 12.0. The molecule has 0 fully saturated rings. The van der Waals surface area contributed by atoms with Gasteiger partial charge in [-0.3, -0.25) is 4.57 Å². The molecule has 0 aliphatic carbocycles. The molecule has 2 aromatic rings. The van der Waals surface area contributed by atoms with E-state index in [9.17, 15) is 8.78 Å². The molecule has 0 aliphatic rings. The van der Waals surface area contributed by atoms with E-state index >= 15 is 0 Å². The number of rotatable bonds is 7. The molecular weight excluding hydrogens is 266 g/mol. The summed E-state index contributed by atoms with van der Waals surface area (Å²) in [4.78, 5) is 0. The highest BCUT2D eigenvalue weighted by atomic mass is 19.3. The summed E-state index contributed by atoms with van der Waals surface area (Å²) in [6.07, 6.45) is -2.06. The van der Waals surface area contributed by atoms with E-state index in [0.717, 1.165) is 5.69 Å². The number of hydrogen-bond acceptors (Lipinski definition) is 4. The highest BCUT2D eigenvalue weighted by molar-refractivity contribution is 5.34. The highest BCUT2D eigenvalue weighted by Crippen LogP contribution is 2.13. The molecule has 1 heterocycles.